The lowest BCUT2D eigenvalue weighted by Crippen LogP contribution is -2.52. The van der Waals surface area contributed by atoms with Gasteiger partial charge in [-0.25, -0.2) is 12.8 Å². The van der Waals surface area contributed by atoms with E-state index in [0.717, 1.165) is 33.8 Å². The normalized spacial score (nSPS) is 12.0. The Bertz CT molecular complexity index is 1310. The molecule has 0 fully saturated rings. The number of carbonyl (C=O) groups is 2. The van der Waals surface area contributed by atoms with Crippen molar-refractivity contribution in [1.82, 2.24) is 10.2 Å². The summed E-state index contributed by atoms with van der Waals surface area (Å²) in [4.78, 5) is 28.1. The van der Waals surface area contributed by atoms with Crippen molar-refractivity contribution in [1.29, 1.82) is 0 Å². The Morgan fingerprint density at radius 1 is 0.972 bits per heavy atom. The minimum atomic E-state index is -3.96. The van der Waals surface area contributed by atoms with Gasteiger partial charge in [0.25, 0.3) is 0 Å². The van der Waals surface area contributed by atoms with Gasteiger partial charge in [-0.15, -0.1) is 0 Å². The molecule has 7 nitrogen and oxygen atoms in total. The van der Waals surface area contributed by atoms with Crippen molar-refractivity contribution in [2.24, 2.45) is 0 Å². The van der Waals surface area contributed by atoms with E-state index in [1.54, 1.807) is 0 Å². The third kappa shape index (κ3) is 7.05. The van der Waals surface area contributed by atoms with Crippen molar-refractivity contribution in [3.8, 4) is 0 Å². The van der Waals surface area contributed by atoms with Crippen LogP contribution in [0.2, 0.25) is 5.02 Å². The van der Waals surface area contributed by atoms with Gasteiger partial charge in [-0.1, -0.05) is 72.3 Å². The van der Waals surface area contributed by atoms with Crippen molar-refractivity contribution in [3.63, 3.8) is 0 Å². The highest BCUT2D eigenvalue weighted by Crippen LogP contribution is 2.25. The molecular formula is C26H27ClFN3O4S. The Morgan fingerprint density at radius 2 is 1.56 bits per heavy atom. The molecule has 3 aromatic rings. The maximum Gasteiger partial charge on any atom is 0.244 e. The Balaban J connectivity index is 2.01. The molecule has 1 N–H and O–H groups in total. The first kappa shape index (κ1) is 27.2. The summed E-state index contributed by atoms with van der Waals surface area (Å²) in [5.41, 5.74) is 1.64. The van der Waals surface area contributed by atoms with E-state index >= 15 is 0 Å². The molecule has 190 valence electrons. The van der Waals surface area contributed by atoms with E-state index in [1.165, 1.54) is 18.0 Å². The molecular weight excluding hydrogens is 505 g/mol. The SMILES string of the molecule is CNC(=O)[C@@H](Cc1ccccc1)N(Cc1ccccc1)C(=O)CN(c1ccc(F)c(Cl)c1)S(C)(=O)=O. The molecule has 0 aliphatic carbocycles. The molecule has 1 atom stereocenters. The number of anilines is 1. The average Bonchev–Trinajstić information content (AvgIpc) is 2.86. The predicted molar refractivity (Wildman–Crippen MR) is 139 cm³/mol. The first-order chi connectivity index (χ1) is 17.1. The van der Waals surface area contributed by atoms with Crippen LogP contribution in [0.5, 0.6) is 0 Å². The van der Waals surface area contributed by atoms with E-state index < -0.39 is 34.3 Å². The Hall–Kier alpha value is -3.43. The lowest BCUT2D eigenvalue weighted by atomic mass is 10.0. The maximum absolute atomic E-state index is 13.7. The second-order valence-corrected chi connectivity index (χ2v) is 10.5. The van der Waals surface area contributed by atoms with Crippen LogP contribution in [-0.2, 0) is 32.6 Å². The van der Waals surface area contributed by atoms with Gasteiger partial charge in [0.15, 0.2) is 0 Å². The van der Waals surface area contributed by atoms with Gasteiger partial charge in [0.1, 0.15) is 18.4 Å². The minimum Gasteiger partial charge on any atom is -0.357 e. The first-order valence-electron chi connectivity index (χ1n) is 11.1. The van der Waals surface area contributed by atoms with Crippen molar-refractivity contribution >= 4 is 39.1 Å². The molecule has 0 aliphatic rings. The molecule has 36 heavy (non-hydrogen) atoms. The average molecular weight is 532 g/mol. The molecule has 0 radical (unpaired) electrons. The Kier molecular flexibility index (Phi) is 9.06. The Labute approximate surface area is 215 Å². The van der Waals surface area contributed by atoms with E-state index in [4.69, 9.17) is 11.6 Å². The third-order valence-electron chi connectivity index (χ3n) is 5.58. The second kappa shape index (κ2) is 12.0. The highest BCUT2D eigenvalue weighted by molar-refractivity contribution is 7.92. The number of sulfonamides is 1. The molecule has 2 amide bonds. The largest absolute Gasteiger partial charge is 0.357 e. The topological polar surface area (TPSA) is 86.8 Å². The van der Waals surface area contributed by atoms with Crippen LogP contribution in [0.3, 0.4) is 0 Å². The van der Waals surface area contributed by atoms with Crippen LogP contribution in [0.15, 0.2) is 78.9 Å². The molecule has 0 unspecified atom stereocenters. The molecule has 0 saturated carbocycles. The van der Waals surface area contributed by atoms with Gasteiger partial charge >= 0.3 is 0 Å². The summed E-state index contributed by atoms with van der Waals surface area (Å²) < 4.78 is 39.8. The summed E-state index contributed by atoms with van der Waals surface area (Å²) in [5, 5.41) is 2.34. The van der Waals surface area contributed by atoms with Crippen LogP contribution >= 0.6 is 11.6 Å². The summed E-state index contributed by atoms with van der Waals surface area (Å²) in [6.45, 7) is -0.526. The Morgan fingerprint density at radius 3 is 2.08 bits per heavy atom. The van der Waals surface area contributed by atoms with E-state index in [1.807, 2.05) is 60.7 Å². The quantitative estimate of drug-likeness (QED) is 0.433. The standard InChI is InChI=1S/C26H27ClFN3O4S/c1-29-26(33)24(15-19-9-5-3-6-10-19)30(17-20-11-7-4-8-12-20)25(32)18-31(36(2,34)35)21-13-14-23(28)22(27)16-21/h3-14,16,24H,15,17-18H2,1-2H3,(H,29,33)/t24-/m1/s1. The molecule has 0 bridgehead atoms. The van der Waals surface area contributed by atoms with Gasteiger partial charge in [0, 0.05) is 20.0 Å². The fraction of sp³-hybridized carbons (Fsp3) is 0.231. The van der Waals surface area contributed by atoms with E-state index in [9.17, 15) is 22.4 Å². The number of nitrogens with zero attached hydrogens (tertiary/aromatic N) is 2. The number of benzene rings is 3. The highest BCUT2D eigenvalue weighted by atomic mass is 35.5. The smallest absolute Gasteiger partial charge is 0.244 e. The number of halogens is 2. The van der Waals surface area contributed by atoms with Crippen LogP contribution < -0.4 is 9.62 Å². The summed E-state index contributed by atoms with van der Waals surface area (Å²) in [6, 6.07) is 20.8. The summed E-state index contributed by atoms with van der Waals surface area (Å²) in [7, 11) is -2.47. The number of hydrogen-bond donors (Lipinski definition) is 1. The molecule has 0 saturated heterocycles. The molecule has 0 aromatic heterocycles. The monoisotopic (exact) mass is 531 g/mol. The summed E-state index contributed by atoms with van der Waals surface area (Å²) in [6.07, 6.45) is 1.17. The zero-order valence-corrected chi connectivity index (χ0v) is 21.5. The van der Waals surface area contributed by atoms with Crippen LogP contribution in [-0.4, -0.2) is 51.0 Å². The number of carbonyl (C=O) groups excluding carboxylic acids is 2. The number of amides is 2. The molecule has 0 heterocycles. The fourth-order valence-corrected chi connectivity index (χ4v) is 4.77. The lowest BCUT2D eigenvalue weighted by Gasteiger charge is -2.33. The van der Waals surface area contributed by atoms with Gasteiger partial charge in [-0.2, -0.15) is 0 Å². The number of nitrogens with one attached hydrogen (secondary N) is 1. The summed E-state index contributed by atoms with van der Waals surface area (Å²) in [5.74, 6) is -1.71. The predicted octanol–water partition coefficient (Wildman–Crippen LogP) is 3.63. The third-order valence-corrected chi connectivity index (χ3v) is 7.01. The molecule has 10 heteroatoms. The number of likely N-dealkylation sites (N-methyl/N-ethyl adjacent to an activating group) is 1. The van der Waals surface area contributed by atoms with Crippen LogP contribution in [0.1, 0.15) is 11.1 Å². The van der Waals surface area contributed by atoms with Crippen molar-refractivity contribution in [2.75, 3.05) is 24.2 Å². The first-order valence-corrected chi connectivity index (χ1v) is 13.3. The van der Waals surface area contributed by atoms with Gasteiger partial charge < -0.3 is 10.2 Å². The van der Waals surface area contributed by atoms with Crippen LogP contribution in [0.4, 0.5) is 10.1 Å². The molecule has 0 spiro atoms. The van der Waals surface area contributed by atoms with Gasteiger partial charge in [0.2, 0.25) is 21.8 Å². The number of rotatable bonds is 10. The number of hydrogen-bond acceptors (Lipinski definition) is 4. The minimum absolute atomic E-state index is 0.0384. The van der Waals surface area contributed by atoms with Crippen molar-refractivity contribution < 1.29 is 22.4 Å². The van der Waals surface area contributed by atoms with Crippen LogP contribution in [0, 0.1) is 5.82 Å². The highest BCUT2D eigenvalue weighted by Gasteiger charge is 2.32. The lowest BCUT2D eigenvalue weighted by molar-refractivity contribution is -0.139. The maximum atomic E-state index is 13.7. The van der Waals surface area contributed by atoms with Gasteiger partial charge in [-0.05, 0) is 29.3 Å². The summed E-state index contributed by atoms with van der Waals surface area (Å²) >= 11 is 5.87. The van der Waals surface area contributed by atoms with Crippen molar-refractivity contribution in [2.45, 2.75) is 19.0 Å². The van der Waals surface area contributed by atoms with Crippen LogP contribution in [0.25, 0.3) is 0 Å². The van der Waals surface area contributed by atoms with E-state index in [0.29, 0.717) is 0 Å². The van der Waals surface area contributed by atoms with E-state index in [-0.39, 0.29) is 29.6 Å². The van der Waals surface area contributed by atoms with E-state index in [2.05, 4.69) is 5.32 Å². The molecule has 3 aromatic carbocycles. The van der Waals surface area contributed by atoms with Gasteiger partial charge in [-0.3, -0.25) is 13.9 Å². The molecule has 3 rings (SSSR count). The van der Waals surface area contributed by atoms with Crippen molar-refractivity contribution in [3.05, 3.63) is 101 Å². The molecule has 0 aliphatic heterocycles. The zero-order valence-electron chi connectivity index (χ0n) is 19.9. The zero-order chi connectivity index (χ0) is 26.3. The fourth-order valence-electron chi connectivity index (χ4n) is 3.75. The van der Waals surface area contributed by atoms with Gasteiger partial charge in [0.05, 0.1) is 17.0 Å². The second-order valence-electron chi connectivity index (χ2n) is 8.20.